The number of rotatable bonds is 4. The lowest BCUT2D eigenvalue weighted by Gasteiger charge is -2.59. The van der Waals surface area contributed by atoms with Crippen molar-refractivity contribution in [3.8, 4) is 0 Å². The summed E-state index contributed by atoms with van der Waals surface area (Å²) in [5, 5.41) is 2.99. The van der Waals surface area contributed by atoms with E-state index in [4.69, 9.17) is 11.6 Å². The van der Waals surface area contributed by atoms with Gasteiger partial charge in [-0.3, -0.25) is 14.6 Å². The van der Waals surface area contributed by atoms with Crippen molar-refractivity contribution in [2.24, 2.45) is 17.3 Å². The first-order valence-corrected chi connectivity index (χ1v) is 11.2. The summed E-state index contributed by atoms with van der Waals surface area (Å²) in [6.45, 7) is 3.05. The van der Waals surface area contributed by atoms with Gasteiger partial charge in [-0.1, -0.05) is 0 Å². The highest BCUT2D eigenvalue weighted by Gasteiger charge is 2.60. The van der Waals surface area contributed by atoms with E-state index in [-0.39, 0.29) is 28.6 Å². The molecule has 1 aromatic heterocycles. The number of amides is 2. The maximum absolute atomic E-state index is 13.1. The number of nitrogens with zero attached hydrogens (tertiary/aromatic N) is 3. The van der Waals surface area contributed by atoms with Gasteiger partial charge in [0.25, 0.3) is 0 Å². The smallest absolute Gasteiger partial charge is 0.242 e. The number of anilines is 1. The van der Waals surface area contributed by atoms with Gasteiger partial charge in [0.2, 0.25) is 11.8 Å². The number of hydrogen-bond acceptors (Lipinski definition) is 4. The average Bonchev–Trinajstić information content (AvgIpc) is 2.70. The lowest BCUT2D eigenvalue weighted by atomic mass is 9.49. The van der Waals surface area contributed by atoms with Gasteiger partial charge in [-0.2, -0.15) is 0 Å². The Balaban J connectivity index is 1.14. The normalized spacial score (nSPS) is 35.6. The molecule has 0 aromatic carbocycles. The van der Waals surface area contributed by atoms with E-state index in [1.165, 1.54) is 6.42 Å². The third-order valence-electron chi connectivity index (χ3n) is 7.53. The molecular weight excluding hydrogens is 388 g/mol. The molecule has 6 nitrogen and oxygen atoms in total. The fraction of sp³-hybridized carbons (Fsp3) is 0.682. The number of hydrogen-bond donors (Lipinski definition) is 1. The van der Waals surface area contributed by atoms with Crippen LogP contribution < -0.4 is 10.2 Å². The van der Waals surface area contributed by atoms with Crippen LogP contribution in [-0.4, -0.2) is 59.3 Å². The molecule has 6 rings (SSSR count). The topological polar surface area (TPSA) is 65.5 Å². The van der Waals surface area contributed by atoms with Gasteiger partial charge >= 0.3 is 0 Å². The molecule has 29 heavy (non-hydrogen) atoms. The first-order chi connectivity index (χ1) is 13.9. The first kappa shape index (κ1) is 19.2. The minimum atomic E-state index is -0.341. The van der Waals surface area contributed by atoms with E-state index in [1.807, 2.05) is 17.0 Å². The third-order valence-corrected chi connectivity index (χ3v) is 7.97. The van der Waals surface area contributed by atoms with Crippen LogP contribution >= 0.6 is 11.6 Å². The Kier molecular flexibility index (Phi) is 4.72. The molecule has 4 atom stereocenters. The van der Waals surface area contributed by atoms with E-state index >= 15 is 0 Å². The molecule has 0 radical (unpaired) electrons. The standard InChI is InChI=1S/C22H29ClN4O2/c23-22-12-16-9-17(13-22)11-21(10-16,15-22)20(29)25-14-19(28)27-7-5-26(6-8-27)18-1-3-24-4-2-18/h1-4,16-17H,5-15H2,(H,25,29)/t16-,17+,21?,22?. The molecule has 2 amide bonds. The van der Waals surface area contributed by atoms with Gasteiger partial charge in [-0.05, 0) is 62.5 Å². The van der Waals surface area contributed by atoms with Gasteiger partial charge in [0.15, 0.2) is 0 Å². The Labute approximate surface area is 177 Å². The fourth-order valence-electron chi connectivity index (χ4n) is 6.64. The van der Waals surface area contributed by atoms with Crippen molar-refractivity contribution in [2.75, 3.05) is 37.6 Å². The predicted octanol–water partition coefficient (Wildman–Crippen LogP) is 2.42. The van der Waals surface area contributed by atoms with Crippen molar-refractivity contribution in [3.63, 3.8) is 0 Å². The molecule has 1 aliphatic heterocycles. The fourth-order valence-corrected chi connectivity index (χ4v) is 7.33. The Morgan fingerprint density at radius 3 is 2.34 bits per heavy atom. The summed E-state index contributed by atoms with van der Waals surface area (Å²) in [5.41, 5.74) is 0.795. The van der Waals surface area contributed by atoms with Crippen molar-refractivity contribution in [2.45, 2.75) is 43.4 Å². The van der Waals surface area contributed by atoms with Gasteiger partial charge in [0.05, 0.1) is 12.0 Å². The highest BCUT2D eigenvalue weighted by molar-refractivity contribution is 6.24. The second-order valence-corrected chi connectivity index (χ2v) is 10.4. The quantitative estimate of drug-likeness (QED) is 0.765. The van der Waals surface area contributed by atoms with Crippen molar-refractivity contribution in [3.05, 3.63) is 24.5 Å². The minimum absolute atomic E-state index is 0.0121. The van der Waals surface area contributed by atoms with E-state index in [2.05, 4.69) is 15.2 Å². The number of nitrogens with one attached hydrogen (secondary N) is 1. The van der Waals surface area contributed by atoms with Crippen LogP contribution in [0.1, 0.15) is 38.5 Å². The summed E-state index contributed by atoms with van der Waals surface area (Å²) in [4.78, 5) is 33.8. The summed E-state index contributed by atoms with van der Waals surface area (Å²) < 4.78 is 0. The number of pyridine rings is 1. The van der Waals surface area contributed by atoms with E-state index in [0.29, 0.717) is 24.9 Å². The second kappa shape index (κ2) is 7.15. The summed E-state index contributed by atoms with van der Waals surface area (Å²) in [6, 6.07) is 3.99. The summed E-state index contributed by atoms with van der Waals surface area (Å²) in [7, 11) is 0. The lowest BCUT2D eigenvalue weighted by molar-refractivity contribution is -0.146. The number of carbonyl (C=O) groups is 2. The largest absolute Gasteiger partial charge is 0.368 e. The van der Waals surface area contributed by atoms with E-state index in [9.17, 15) is 9.59 Å². The summed E-state index contributed by atoms with van der Waals surface area (Å²) >= 11 is 6.85. The molecule has 5 aliphatic rings. The monoisotopic (exact) mass is 416 g/mol. The van der Waals surface area contributed by atoms with Crippen molar-refractivity contribution >= 4 is 29.1 Å². The zero-order valence-corrected chi connectivity index (χ0v) is 17.5. The van der Waals surface area contributed by atoms with Gasteiger partial charge in [0.1, 0.15) is 0 Å². The molecule has 2 unspecified atom stereocenters. The molecule has 0 spiro atoms. The highest BCUT2D eigenvalue weighted by Crippen LogP contribution is 2.63. The highest BCUT2D eigenvalue weighted by atomic mass is 35.5. The summed E-state index contributed by atoms with van der Waals surface area (Å²) in [6.07, 6.45) is 9.59. The first-order valence-electron chi connectivity index (χ1n) is 10.8. The Hall–Kier alpha value is -1.82. The molecule has 4 bridgehead atoms. The third kappa shape index (κ3) is 3.60. The van der Waals surface area contributed by atoms with Crippen LogP contribution in [0.15, 0.2) is 24.5 Å². The van der Waals surface area contributed by atoms with Gasteiger partial charge < -0.3 is 15.1 Å². The molecule has 7 heteroatoms. The number of carbonyl (C=O) groups excluding carboxylic acids is 2. The van der Waals surface area contributed by atoms with Crippen LogP contribution in [0.3, 0.4) is 0 Å². The Bertz CT molecular complexity index is 779. The van der Waals surface area contributed by atoms with Gasteiger partial charge in [0, 0.05) is 49.1 Å². The zero-order valence-electron chi connectivity index (χ0n) is 16.8. The SMILES string of the molecule is O=C(CNC(=O)C12C[C@@H]3C[C@@H](CC(Cl)(C3)C1)C2)N1CCN(c2ccncc2)CC1. The molecular formula is C22H29ClN4O2. The Morgan fingerprint density at radius 1 is 1.07 bits per heavy atom. The maximum atomic E-state index is 13.1. The van der Waals surface area contributed by atoms with Crippen molar-refractivity contribution in [1.29, 1.82) is 0 Å². The van der Waals surface area contributed by atoms with Gasteiger partial charge in [-0.25, -0.2) is 0 Å². The number of aromatic nitrogens is 1. The van der Waals surface area contributed by atoms with E-state index in [1.54, 1.807) is 12.4 Å². The number of piperazine rings is 1. The lowest BCUT2D eigenvalue weighted by Crippen LogP contribution is -2.59. The van der Waals surface area contributed by atoms with Crippen LogP contribution in [0.4, 0.5) is 5.69 Å². The van der Waals surface area contributed by atoms with Crippen LogP contribution in [0.25, 0.3) is 0 Å². The average molecular weight is 417 g/mol. The molecule has 1 saturated heterocycles. The summed E-state index contributed by atoms with van der Waals surface area (Å²) in [5.74, 6) is 1.23. The molecule has 1 aromatic rings. The molecule has 2 heterocycles. The maximum Gasteiger partial charge on any atom is 0.242 e. The number of halogens is 1. The van der Waals surface area contributed by atoms with Crippen LogP contribution in [0, 0.1) is 17.3 Å². The molecule has 156 valence electrons. The van der Waals surface area contributed by atoms with Crippen molar-refractivity contribution in [1.82, 2.24) is 15.2 Å². The van der Waals surface area contributed by atoms with E-state index in [0.717, 1.165) is 50.9 Å². The minimum Gasteiger partial charge on any atom is -0.368 e. The molecule has 1 N–H and O–H groups in total. The molecule has 5 fully saturated rings. The number of alkyl halides is 1. The van der Waals surface area contributed by atoms with Crippen LogP contribution in [0.5, 0.6) is 0 Å². The molecule has 4 saturated carbocycles. The Morgan fingerprint density at radius 2 is 1.72 bits per heavy atom. The van der Waals surface area contributed by atoms with Gasteiger partial charge in [-0.15, -0.1) is 11.6 Å². The molecule has 4 aliphatic carbocycles. The second-order valence-electron chi connectivity index (χ2n) is 9.65. The van der Waals surface area contributed by atoms with Crippen LogP contribution in [0.2, 0.25) is 0 Å². The van der Waals surface area contributed by atoms with E-state index < -0.39 is 0 Å². The van der Waals surface area contributed by atoms with Crippen LogP contribution in [-0.2, 0) is 9.59 Å². The zero-order chi connectivity index (χ0) is 20.1. The van der Waals surface area contributed by atoms with Crippen molar-refractivity contribution < 1.29 is 9.59 Å². The predicted molar refractivity (Wildman–Crippen MR) is 112 cm³/mol.